The van der Waals surface area contributed by atoms with Gasteiger partial charge in [-0.05, 0) is 30.4 Å². The van der Waals surface area contributed by atoms with Crippen LogP contribution < -0.4 is 5.32 Å². The number of amides is 1. The maximum Gasteiger partial charge on any atom is 0.220 e. The molecule has 1 aliphatic heterocycles. The maximum atomic E-state index is 11.5. The number of carbonyl (C=O) groups excluding carboxylic acids is 2. The number of ketones is 1. The first-order chi connectivity index (χ1) is 6.27. The van der Waals surface area contributed by atoms with Crippen LogP contribution in [0.2, 0.25) is 0 Å². The second kappa shape index (κ2) is 3.32. The number of allylic oxidation sites excluding steroid dienone is 1. The highest BCUT2D eigenvalue weighted by atomic mass is 16.1. The monoisotopic (exact) mass is 179 g/mol. The topological polar surface area (TPSA) is 46.2 Å². The van der Waals surface area contributed by atoms with Gasteiger partial charge in [-0.1, -0.05) is 0 Å². The lowest BCUT2D eigenvalue weighted by Gasteiger charge is -2.16. The van der Waals surface area contributed by atoms with E-state index < -0.39 is 0 Å². The average molecular weight is 179 g/mol. The quantitative estimate of drug-likeness (QED) is 0.601. The van der Waals surface area contributed by atoms with Crippen LogP contribution in [0.15, 0.2) is 11.1 Å². The van der Waals surface area contributed by atoms with Gasteiger partial charge < -0.3 is 5.32 Å². The Balaban J connectivity index is 2.23. The molecule has 0 bridgehead atoms. The Hall–Kier alpha value is -1.12. The second-order valence-electron chi connectivity index (χ2n) is 3.64. The lowest BCUT2D eigenvalue weighted by molar-refractivity contribution is -0.120. The minimum absolute atomic E-state index is 0.0715. The van der Waals surface area contributed by atoms with E-state index in [4.69, 9.17) is 0 Å². The molecule has 0 aromatic heterocycles. The highest BCUT2D eigenvalue weighted by Gasteiger charge is 2.23. The first-order valence-corrected chi connectivity index (χ1v) is 4.78. The molecule has 1 aliphatic carbocycles. The standard InChI is InChI=1S/C10H13NO2/c12-9-3-1-2-7-6-11-10(13)5-4-8(7)9/h1-6H2,(H,11,13). The predicted octanol–water partition coefficient (Wildman–Crippen LogP) is 0.946. The van der Waals surface area contributed by atoms with Gasteiger partial charge in [0, 0.05) is 19.4 Å². The van der Waals surface area contributed by atoms with Gasteiger partial charge in [0.15, 0.2) is 5.78 Å². The summed E-state index contributed by atoms with van der Waals surface area (Å²) in [6.07, 6.45) is 3.74. The Morgan fingerprint density at radius 3 is 2.69 bits per heavy atom. The smallest absolute Gasteiger partial charge is 0.220 e. The van der Waals surface area contributed by atoms with E-state index in [1.807, 2.05) is 0 Å². The van der Waals surface area contributed by atoms with Crippen molar-refractivity contribution in [1.82, 2.24) is 5.32 Å². The molecule has 0 fully saturated rings. The predicted molar refractivity (Wildman–Crippen MR) is 48.1 cm³/mol. The highest BCUT2D eigenvalue weighted by Crippen LogP contribution is 2.26. The molecule has 70 valence electrons. The second-order valence-corrected chi connectivity index (χ2v) is 3.64. The van der Waals surface area contributed by atoms with Crippen molar-refractivity contribution in [3.8, 4) is 0 Å². The molecule has 0 aromatic carbocycles. The maximum absolute atomic E-state index is 11.5. The molecule has 0 radical (unpaired) electrons. The molecule has 3 nitrogen and oxygen atoms in total. The summed E-state index contributed by atoms with van der Waals surface area (Å²) in [5.41, 5.74) is 2.10. The van der Waals surface area contributed by atoms with Gasteiger partial charge in [-0.3, -0.25) is 9.59 Å². The summed E-state index contributed by atoms with van der Waals surface area (Å²) in [7, 11) is 0. The zero-order valence-electron chi connectivity index (χ0n) is 7.56. The summed E-state index contributed by atoms with van der Waals surface area (Å²) >= 11 is 0. The van der Waals surface area contributed by atoms with Crippen molar-refractivity contribution < 1.29 is 9.59 Å². The van der Waals surface area contributed by atoms with Gasteiger partial charge >= 0.3 is 0 Å². The minimum Gasteiger partial charge on any atom is -0.352 e. The molecule has 3 heteroatoms. The molecule has 0 saturated carbocycles. The van der Waals surface area contributed by atoms with Gasteiger partial charge in [0.2, 0.25) is 5.91 Å². The summed E-state index contributed by atoms with van der Waals surface area (Å²) < 4.78 is 0. The van der Waals surface area contributed by atoms with Crippen molar-refractivity contribution in [3.63, 3.8) is 0 Å². The fraction of sp³-hybridized carbons (Fsp3) is 0.600. The number of rotatable bonds is 0. The molecule has 0 atom stereocenters. The molecular weight excluding hydrogens is 166 g/mol. The fourth-order valence-corrected chi connectivity index (χ4v) is 2.00. The third kappa shape index (κ3) is 1.64. The van der Waals surface area contributed by atoms with Gasteiger partial charge in [0.25, 0.3) is 0 Å². The third-order valence-electron chi connectivity index (χ3n) is 2.75. The number of nitrogens with one attached hydrogen (secondary N) is 1. The largest absolute Gasteiger partial charge is 0.352 e. The third-order valence-corrected chi connectivity index (χ3v) is 2.75. The minimum atomic E-state index is 0.0715. The van der Waals surface area contributed by atoms with Gasteiger partial charge in [-0.15, -0.1) is 0 Å². The molecule has 13 heavy (non-hydrogen) atoms. The Morgan fingerprint density at radius 2 is 1.85 bits per heavy atom. The van der Waals surface area contributed by atoms with Crippen LogP contribution >= 0.6 is 0 Å². The van der Waals surface area contributed by atoms with Crippen LogP contribution in [-0.2, 0) is 9.59 Å². The van der Waals surface area contributed by atoms with Crippen molar-refractivity contribution in [2.75, 3.05) is 6.54 Å². The number of hydrogen-bond acceptors (Lipinski definition) is 2. The number of carbonyl (C=O) groups is 2. The molecule has 0 aromatic rings. The van der Waals surface area contributed by atoms with Gasteiger partial charge in [-0.2, -0.15) is 0 Å². The Bertz CT molecular complexity index is 291. The zero-order chi connectivity index (χ0) is 9.26. The molecule has 0 unspecified atom stereocenters. The SMILES string of the molecule is O=C1CCC2=C(CCCC2=O)CN1. The molecular formula is C10H13NO2. The zero-order valence-corrected chi connectivity index (χ0v) is 7.56. The van der Waals surface area contributed by atoms with Crippen LogP contribution in [0.4, 0.5) is 0 Å². The first kappa shape index (κ1) is 8.48. The van der Waals surface area contributed by atoms with Crippen LogP contribution in [0.1, 0.15) is 32.1 Å². The number of hydrogen-bond donors (Lipinski definition) is 1. The normalized spacial score (nSPS) is 23.7. The van der Waals surface area contributed by atoms with E-state index in [2.05, 4.69) is 5.32 Å². The van der Waals surface area contributed by atoms with Crippen LogP contribution in [0.25, 0.3) is 0 Å². The van der Waals surface area contributed by atoms with Crippen molar-refractivity contribution >= 4 is 11.7 Å². The summed E-state index contributed by atoms with van der Waals surface area (Å²) in [5.74, 6) is 0.333. The highest BCUT2D eigenvalue weighted by molar-refractivity contribution is 5.98. The van der Waals surface area contributed by atoms with Crippen molar-refractivity contribution in [1.29, 1.82) is 0 Å². The lowest BCUT2D eigenvalue weighted by atomic mass is 9.89. The van der Waals surface area contributed by atoms with E-state index in [9.17, 15) is 9.59 Å². The average Bonchev–Trinajstić information content (AvgIpc) is 2.30. The Morgan fingerprint density at radius 1 is 1.00 bits per heavy atom. The van der Waals surface area contributed by atoms with Crippen LogP contribution in [0, 0.1) is 0 Å². The van der Waals surface area contributed by atoms with Crippen molar-refractivity contribution in [2.24, 2.45) is 0 Å². The molecule has 1 heterocycles. The Labute approximate surface area is 77.2 Å². The molecule has 1 N–H and O–H groups in total. The molecule has 0 spiro atoms. The summed E-state index contributed by atoms with van der Waals surface area (Å²) in [6.45, 7) is 0.597. The molecule has 2 rings (SSSR count). The van der Waals surface area contributed by atoms with E-state index in [0.717, 1.165) is 18.4 Å². The molecule has 0 saturated heterocycles. The number of Topliss-reactive ketones (excluding diaryl/α,β-unsaturated/α-hetero) is 1. The van der Waals surface area contributed by atoms with Gasteiger partial charge in [0.1, 0.15) is 0 Å². The summed E-state index contributed by atoms with van der Waals surface area (Å²) in [5, 5.41) is 2.82. The van der Waals surface area contributed by atoms with E-state index in [0.29, 0.717) is 25.8 Å². The lowest BCUT2D eigenvalue weighted by Crippen LogP contribution is -2.23. The van der Waals surface area contributed by atoms with Gasteiger partial charge in [-0.25, -0.2) is 0 Å². The van der Waals surface area contributed by atoms with E-state index in [1.165, 1.54) is 5.57 Å². The molecule has 2 aliphatic rings. The van der Waals surface area contributed by atoms with E-state index in [1.54, 1.807) is 0 Å². The van der Waals surface area contributed by atoms with Crippen molar-refractivity contribution in [2.45, 2.75) is 32.1 Å². The summed E-state index contributed by atoms with van der Waals surface area (Å²) in [4.78, 5) is 22.6. The van der Waals surface area contributed by atoms with E-state index >= 15 is 0 Å². The van der Waals surface area contributed by atoms with Crippen LogP contribution in [0.3, 0.4) is 0 Å². The van der Waals surface area contributed by atoms with Crippen molar-refractivity contribution in [3.05, 3.63) is 11.1 Å². The fourth-order valence-electron chi connectivity index (χ4n) is 2.00. The van der Waals surface area contributed by atoms with E-state index in [-0.39, 0.29) is 11.7 Å². The molecule has 1 amide bonds. The summed E-state index contributed by atoms with van der Waals surface area (Å²) in [6, 6.07) is 0. The first-order valence-electron chi connectivity index (χ1n) is 4.78. The van der Waals surface area contributed by atoms with Crippen LogP contribution in [-0.4, -0.2) is 18.2 Å². The van der Waals surface area contributed by atoms with Gasteiger partial charge in [0.05, 0.1) is 0 Å². The Kier molecular flexibility index (Phi) is 2.17. The van der Waals surface area contributed by atoms with Crippen LogP contribution in [0.5, 0.6) is 0 Å².